The summed E-state index contributed by atoms with van der Waals surface area (Å²) in [5, 5.41) is 19.1. The smallest absolute Gasteiger partial charge is 0.281 e. The second-order valence-corrected chi connectivity index (χ2v) is 9.74. The number of ether oxygens (including phenoxy) is 1. The lowest BCUT2D eigenvalue weighted by atomic mass is 10.1. The molecule has 2 aromatic carbocycles. The van der Waals surface area contributed by atoms with Crippen molar-refractivity contribution < 1.29 is 27.6 Å². The van der Waals surface area contributed by atoms with Crippen LogP contribution in [0.15, 0.2) is 30.3 Å². The molecule has 0 heterocycles. The molecule has 0 bridgehead atoms. The number of hydrogen-bond donors (Lipinski definition) is 1. The molecule has 0 aromatic heterocycles. The zero-order valence-electron chi connectivity index (χ0n) is 14.0. The van der Waals surface area contributed by atoms with Crippen LogP contribution in [0.5, 0.6) is 11.5 Å². The largest absolute Gasteiger partial charge is 0.457 e. The van der Waals surface area contributed by atoms with Gasteiger partial charge in [-0.15, -0.1) is 0 Å². The predicted octanol–water partition coefficient (Wildman–Crippen LogP) is 3.96. The van der Waals surface area contributed by atoms with E-state index in [0.29, 0.717) is 0 Å². The molecule has 1 aliphatic rings. The summed E-state index contributed by atoms with van der Waals surface area (Å²) >= 11 is 0. The molecule has 0 aliphatic heterocycles. The van der Waals surface area contributed by atoms with Crippen LogP contribution < -0.4 is 10.0 Å². The van der Waals surface area contributed by atoms with Gasteiger partial charge in [0.15, 0.2) is 0 Å². The van der Waals surface area contributed by atoms with Crippen LogP contribution in [0.4, 0.5) is 13.2 Å². The van der Waals surface area contributed by atoms with E-state index in [4.69, 9.17) is 10.00 Å². The van der Waals surface area contributed by atoms with Crippen LogP contribution in [0.1, 0.15) is 22.8 Å². The monoisotopic (exact) mass is 381 g/mol. The summed E-state index contributed by atoms with van der Waals surface area (Å²) in [4.78, 5) is 0. The van der Waals surface area contributed by atoms with Crippen LogP contribution in [0.3, 0.4) is 0 Å². The number of fused-ring (bicyclic) bond motifs is 1. The average Bonchev–Trinajstić information content (AvgIpc) is 2.77. The molecule has 0 spiro atoms. The lowest BCUT2D eigenvalue weighted by Crippen LogP contribution is -2.24. The third-order valence-electron chi connectivity index (χ3n) is 4.19. The molecule has 136 valence electrons. The van der Waals surface area contributed by atoms with Crippen molar-refractivity contribution >= 4 is 12.4 Å². The Morgan fingerprint density at radius 1 is 1.31 bits per heavy atom. The molecule has 1 aliphatic carbocycles. The molecule has 1 unspecified atom stereocenters. The topological polar surface area (TPSA) is 70.3 Å². The highest BCUT2D eigenvalue weighted by Gasteiger charge is 2.50. The van der Waals surface area contributed by atoms with Crippen LogP contribution in [-0.4, -0.2) is 24.4 Å². The summed E-state index contributed by atoms with van der Waals surface area (Å²) in [6, 6.07) is 7.85. The Morgan fingerprint density at radius 2 is 2.00 bits per heavy atom. The van der Waals surface area contributed by atoms with E-state index in [9.17, 15) is 22.8 Å². The van der Waals surface area contributed by atoms with Crippen molar-refractivity contribution in [2.45, 2.75) is 18.4 Å². The first-order valence-electron chi connectivity index (χ1n) is 7.68. The second kappa shape index (κ2) is 6.15. The fourth-order valence-electron chi connectivity index (χ4n) is 3.04. The average molecular weight is 381 g/mol. The summed E-state index contributed by atoms with van der Waals surface area (Å²) in [7, 11) is -2.93. The van der Waals surface area contributed by atoms with E-state index < -0.39 is 31.4 Å². The Balaban J connectivity index is 2.13. The van der Waals surface area contributed by atoms with Crippen molar-refractivity contribution in [1.82, 2.24) is 0 Å². The normalized spacial score (nSPS) is 18.3. The first-order chi connectivity index (χ1) is 12.0. The molecule has 0 fully saturated rings. The summed E-state index contributed by atoms with van der Waals surface area (Å²) < 4.78 is 59.7. The van der Waals surface area contributed by atoms with Crippen LogP contribution in [0, 0.1) is 17.1 Å². The lowest BCUT2D eigenvalue weighted by Gasteiger charge is -2.18. The molecule has 8 heteroatoms. The maximum Gasteiger partial charge on any atom is 0.281 e. The summed E-state index contributed by atoms with van der Waals surface area (Å²) in [5.74, 6) is -4.16. The van der Waals surface area contributed by atoms with Gasteiger partial charge in [-0.2, -0.15) is 5.26 Å². The SMILES string of the molecule is CP(C)(=O)c1ccc(Oc2cc(F)cc(C#N)c2)c2c1C(O)C(F)(F)C2. The molecule has 2 aromatic rings. The van der Waals surface area contributed by atoms with E-state index in [0.717, 1.165) is 12.1 Å². The molecular formula is C18H15F3NO3P. The van der Waals surface area contributed by atoms with Crippen LogP contribution >= 0.6 is 7.14 Å². The van der Waals surface area contributed by atoms with Crippen LogP contribution in [0.25, 0.3) is 0 Å². The maximum atomic E-state index is 14.1. The van der Waals surface area contributed by atoms with Gasteiger partial charge in [0.2, 0.25) is 0 Å². The molecule has 0 amide bonds. The van der Waals surface area contributed by atoms with Gasteiger partial charge in [0.1, 0.15) is 30.6 Å². The van der Waals surface area contributed by atoms with Crippen molar-refractivity contribution in [1.29, 1.82) is 5.26 Å². The number of aliphatic hydroxyl groups is 1. The van der Waals surface area contributed by atoms with Gasteiger partial charge in [0.25, 0.3) is 5.92 Å². The van der Waals surface area contributed by atoms with Gasteiger partial charge in [-0.05, 0) is 37.6 Å². The number of rotatable bonds is 3. The molecule has 1 atom stereocenters. The first-order valence-corrected chi connectivity index (χ1v) is 10.3. The fraction of sp³-hybridized carbons (Fsp3) is 0.278. The molecule has 0 saturated carbocycles. The minimum atomic E-state index is -3.43. The fourth-order valence-corrected chi connectivity index (χ4v) is 4.31. The molecule has 26 heavy (non-hydrogen) atoms. The van der Waals surface area contributed by atoms with Crippen LogP contribution in [-0.2, 0) is 11.0 Å². The van der Waals surface area contributed by atoms with E-state index in [1.165, 1.54) is 31.5 Å². The number of alkyl halides is 2. The number of benzene rings is 2. The highest BCUT2D eigenvalue weighted by Crippen LogP contribution is 2.50. The van der Waals surface area contributed by atoms with Gasteiger partial charge in [-0.1, -0.05) is 0 Å². The van der Waals surface area contributed by atoms with Gasteiger partial charge >= 0.3 is 0 Å². The zero-order valence-corrected chi connectivity index (χ0v) is 14.9. The summed E-state index contributed by atoms with van der Waals surface area (Å²) in [6.45, 7) is 2.86. The third-order valence-corrected chi connectivity index (χ3v) is 5.74. The predicted molar refractivity (Wildman–Crippen MR) is 90.3 cm³/mol. The van der Waals surface area contributed by atoms with Crippen LogP contribution in [0.2, 0.25) is 0 Å². The minimum Gasteiger partial charge on any atom is -0.457 e. The lowest BCUT2D eigenvalue weighted by molar-refractivity contribution is -0.0965. The maximum absolute atomic E-state index is 14.1. The van der Waals surface area contributed by atoms with E-state index in [2.05, 4.69) is 0 Å². The van der Waals surface area contributed by atoms with Gasteiger partial charge in [0, 0.05) is 28.9 Å². The number of nitrogens with zero attached hydrogens (tertiary/aromatic N) is 1. The quantitative estimate of drug-likeness (QED) is 0.817. The third kappa shape index (κ3) is 3.23. The molecular weight excluding hydrogens is 366 g/mol. The van der Waals surface area contributed by atoms with Gasteiger partial charge < -0.3 is 14.4 Å². The van der Waals surface area contributed by atoms with Crippen molar-refractivity contribution in [3.05, 3.63) is 52.8 Å². The molecule has 0 radical (unpaired) electrons. The van der Waals surface area contributed by atoms with Crippen molar-refractivity contribution in [2.75, 3.05) is 13.3 Å². The highest BCUT2D eigenvalue weighted by atomic mass is 31.2. The van der Waals surface area contributed by atoms with Crippen molar-refractivity contribution in [2.24, 2.45) is 0 Å². The zero-order chi connectivity index (χ0) is 19.3. The first kappa shape index (κ1) is 18.5. The van der Waals surface area contributed by atoms with E-state index in [-0.39, 0.29) is 33.5 Å². The van der Waals surface area contributed by atoms with E-state index in [1.54, 1.807) is 6.07 Å². The van der Waals surface area contributed by atoms with Gasteiger partial charge in [0.05, 0.1) is 11.6 Å². The van der Waals surface area contributed by atoms with Gasteiger partial charge in [-0.25, -0.2) is 13.2 Å². The Bertz CT molecular complexity index is 978. The van der Waals surface area contributed by atoms with Crippen molar-refractivity contribution in [3.63, 3.8) is 0 Å². The number of nitriles is 1. The second-order valence-electron chi connectivity index (χ2n) is 6.56. The molecule has 0 saturated heterocycles. The Kier molecular flexibility index (Phi) is 4.38. The summed E-state index contributed by atoms with van der Waals surface area (Å²) in [6.07, 6.45) is -2.88. The standard InChI is InChI=1S/C18H15F3NO3P/c1-26(2,24)15-4-3-14(13-8-18(20,21)17(23)16(13)15)25-12-6-10(9-22)5-11(19)7-12/h3-7,17,23H,8H2,1-2H3. The summed E-state index contributed by atoms with van der Waals surface area (Å²) in [5.41, 5.74) is -0.0466. The highest BCUT2D eigenvalue weighted by molar-refractivity contribution is 7.70. The number of halogens is 3. The molecule has 3 rings (SSSR count). The molecule has 1 N–H and O–H groups in total. The van der Waals surface area contributed by atoms with Crippen molar-refractivity contribution in [3.8, 4) is 17.6 Å². The Hall–Kier alpha value is -2.29. The molecule has 4 nitrogen and oxygen atoms in total. The van der Waals surface area contributed by atoms with E-state index in [1.807, 2.05) is 0 Å². The van der Waals surface area contributed by atoms with E-state index >= 15 is 0 Å². The number of aliphatic hydroxyl groups excluding tert-OH is 1. The van der Waals surface area contributed by atoms with Gasteiger partial charge in [-0.3, -0.25) is 0 Å². The Labute approximate surface area is 148 Å². The minimum absolute atomic E-state index is 0.00270. The Morgan fingerprint density at radius 3 is 2.62 bits per heavy atom. The number of hydrogen-bond acceptors (Lipinski definition) is 4.